The third-order valence-electron chi connectivity index (χ3n) is 2.20. The average Bonchev–Trinajstić information content (AvgIpc) is 2.17. The van der Waals surface area contributed by atoms with E-state index in [0.717, 1.165) is 0 Å². The molecule has 0 bridgehead atoms. The van der Waals surface area contributed by atoms with Gasteiger partial charge in [0.15, 0.2) is 0 Å². The van der Waals surface area contributed by atoms with Crippen LogP contribution in [0.5, 0.6) is 0 Å². The van der Waals surface area contributed by atoms with Crippen LogP contribution in [0.15, 0.2) is 28.3 Å². The summed E-state index contributed by atoms with van der Waals surface area (Å²) in [5.41, 5.74) is 5.35. The Morgan fingerprint density at radius 3 is 2.47 bits per heavy atom. The Morgan fingerprint density at radius 2 is 2.07 bits per heavy atom. The maximum atomic E-state index is 10.9. The lowest BCUT2D eigenvalue weighted by Crippen LogP contribution is -2.15. The molecule has 0 aliphatic carbocycles. The quantitative estimate of drug-likeness (QED) is 0.609. The fraction of sp³-hybridized carbons (Fsp3) is 0.300. The lowest BCUT2D eigenvalue weighted by atomic mass is 9.94. The van der Waals surface area contributed by atoms with Gasteiger partial charge in [0.2, 0.25) is 5.91 Å². The number of amides is 1. The second-order valence-corrected chi connectivity index (χ2v) is 4.23. The topological polar surface area (TPSA) is 72.5 Å². The van der Waals surface area contributed by atoms with E-state index in [1.807, 2.05) is 0 Å². The molecule has 0 aromatic heterocycles. The first-order valence-corrected chi connectivity index (χ1v) is 4.81. The summed E-state index contributed by atoms with van der Waals surface area (Å²) in [7, 11) is 0. The van der Waals surface area contributed by atoms with Crippen molar-refractivity contribution < 1.29 is 4.79 Å². The minimum Gasteiger partial charge on any atom is -0.366 e. The molecule has 1 aromatic carbocycles. The number of primary amides is 1. The zero-order valence-corrected chi connectivity index (χ0v) is 9.41. The Balaban J connectivity index is 3.23. The number of carbonyl (C=O) groups is 1. The molecule has 5 heteroatoms. The molecule has 4 nitrogen and oxygen atoms in total. The van der Waals surface area contributed by atoms with Gasteiger partial charge in [-0.05, 0) is 31.5 Å². The molecule has 0 radical (unpaired) electrons. The van der Waals surface area contributed by atoms with Crippen molar-refractivity contribution in [1.29, 1.82) is 0 Å². The first-order valence-electron chi connectivity index (χ1n) is 4.36. The van der Waals surface area contributed by atoms with E-state index in [1.165, 1.54) is 0 Å². The molecule has 1 aromatic rings. The number of nitroso groups, excluding NO2 is 1. The molecule has 80 valence electrons. The first-order chi connectivity index (χ1) is 6.88. The number of benzene rings is 1. The van der Waals surface area contributed by atoms with Crippen molar-refractivity contribution in [1.82, 2.24) is 0 Å². The maximum Gasteiger partial charge on any atom is 0.249 e. The highest BCUT2D eigenvalue weighted by atomic mass is 32.1. The van der Waals surface area contributed by atoms with Crippen LogP contribution in [-0.4, -0.2) is 5.91 Å². The van der Waals surface area contributed by atoms with Gasteiger partial charge in [-0.2, -0.15) is 0 Å². The number of nitrogens with zero attached hydrogens (tertiary/aromatic N) is 1. The molecule has 0 saturated carbocycles. The molecular weight excluding hydrogens is 212 g/mol. The van der Waals surface area contributed by atoms with Crippen molar-refractivity contribution in [2.45, 2.75) is 24.3 Å². The molecule has 0 spiro atoms. The first kappa shape index (κ1) is 11.7. The van der Waals surface area contributed by atoms with E-state index in [1.54, 1.807) is 32.0 Å². The van der Waals surface area contributed by atoms with E-state index in [-0.39, 0.29) is 0 Å². The number of carbonyl (C=O) groups excluding carboxylic acids is 1. The molecule has 0 aliphatic heterocycles. The largest absolute Gasteiger partial charge is 0.366 e. The minimum absolute atomic E-state index is 0.337. The molecule has 15 heavy (non-hydrogen) atoms. The van der Waals surface area contributed by atoms with Crippen LogP contribution in [0, 0.1) is 4.91 Å². The lowest BCUT2D eigenvalue weighted by molar-refractivity contribution is 0.0997. The third kappa shape index (κ3) is 2.36. The summed E-state index contributed by atoms with van der Waals surface area (Å²) >= 11 is 4.13. The Kier molecular flexibility index (Phi) is 3.14. The number of hydrogen-bond donors (Lipinski definition) is 2. The second kappa shape index (κ2) is 4.02. The highest BCUT2D eigenvalue weighted by Crippen LogP contribution is 2.27. The third-order valence-corrected chi connectivity index (χ3v) is 2.57. The average molecular weight is 224 g/mol. The Hall–Kier alpha value is -1.36. The molecule has 0 saturated heterocycles. The van der Waals surface area contributed by atoms with Crippen molar-refractivity contribution in [3.63, 3.8) is 0 Å². The molecule has 2 N–H and O–H groups in total. The van der Waals surface area contributed by atoms with Crippen molar-refractivity contribution in [3.8, 4) is 0 Å². The van der Waals surface area contributed by atoms with Gasteiger partial charge in [0, 0.05) is 4.90 Å². The maximum absolute atomic E-state index is 10.9. The monoisotopic (exact) mass is 224 g/mol. The standard InChI is InChI=1S/C10H12N2O2S/c1-10(2,12-14)6-3-4-7(9(11)13)8(15)5-6/h3-5,15H,1-2H3,(H2,11,13). The normalized spacial score (nSPS) is 11.1. The van der Waals surface area contributed by atoms with Gasteiger partial charge in [0.05, 0.1) is 5.56 Å². The van der Waals surface area contributed by atoms with Gasteiger partial charge in [0.25, 0.3) is 0 Å². The summed E-state index contributed by atoms with van der Waals surface area (Å²) in [4.78, 5) is 22.0. The molecular formula is C10H12N2O2S. The predicted octanol–water partition coefficient (Wildman–Crippen LogP) is 2.08. The number of nitrogens with two attached hydrogens (primary N) is 1. The van der Waals surface area contributed by atoms with Gasteiger partial charge in [-0.25, -0.2) is 0 Å². The summed E-state index contributed by atoms with van der Waals surface area (Å²) in [5.74, 6) is -0.539. The van der Waals surface area contributed by atoms with Crippen LogP contribution in [0.25, 0.3) is 0 Å². The van der Waals surface area contributed by atoms with Crippen molar-refractivity contribution in [3.05, 3.63) is 34.2 Å². The molecule has 0 aliphatic rings. The number of thiol groups is 1. The SMILES string of the molecule is CC(C)(N=O)c1ccc(C(N)=O)c(S)c1. The van der Waals surface area contributed by atoms with Gasteiger partial charge in [-0.15, -0.1) is 17.5 Å². The summed E-state index contributed by atoms with van der Waals surface area (Å²) in [6, 6.07) is 4.83. The zero-order chi connectivity index (χ0) is 11.6. The molecule has 1 amide bonds. The summed E-state index contributed by atoms with van der Waals surface area (Å²) < 4.78 is 0. The van der Waals surface area contributed by atoms with Gasteiger partial charge in [-0.1, -0.05) is 11.2 Å². The summed E-state index contributed by atoms with van der Waals surface area (Å²) in [6.45, 7) is 3.37. The van der Waals surface area contributed by atoms with Crippen LogP contribution >= 0.6 is 12.6 Å². The highest BCUT2D eigenvalue weighted by Gasteiger charge is 2.22. The highest BCUT2D eigenvalue weighted by molar-refractivity contribution is 7.80. The van der Waals surface area contributed by atoms with Gasteiger partial charge < -0.3 is 5.73 Å². The Labute approximate surface area is 93.2 Å². The van der Waals surface area contributed by atoms with Crippen LogP contribution in [0.3, 0.4) is 0 Å². The predicted molar refractivity (Wildman–Crippen MR) is 61.0 cm³/mol. The molecule has 0 atom stereocenters. The van der Waals surface area contributed by atoms with E-state index >= 15 is 0 Å². The summed E-state index contributed by atoms with van der Waals surface area (Å²) in [6.07, 6.45) is 0. The minimum atomic E-state index is -0.826. The van der Waals surface area contributed by atoms with Crippen LogP contribution in [0.2, 0.25) is 0 Å². The smallest absolute Gasteiger partial charge is 0.249 e. The lowest BCUT2D eigenvalue weighted by Gasteiger charge is -2.16. The van der Waals surface area contributed by atoms with Gasteiger partial charge >= 0.3 is 0 Å². The molecule has 1 rings (SSSR count). The van der Waals surface area contributed by atoms with Crippen molar-refractivity contribution >= 4 is 18.5 Å². The fourth-order valence-corrected chi connectivity index (χ4v) is 1.50. The van der Waals surface area contributed by atoms with E-state index in [4.69, 9.17) is 5.73 Å². The Morgan fingerprint density at radius 1 is 1.47 bits per heavy atom. The van der Waals surface area contributed by atoms with Crippen molar-refractivity contribution in [2.75, 3.05) is 0 Å². The van der Waals surface area contributed by atoms with E-state index < -0.39 is 11.4 Å². The zero-order valence-electron chi connectivity index (χ0n) is 8.52. The van der Waals surface area contributed by atoms with Gasteiger partial charge in [-0.3, -0.25) is 4.79 Å². The van der Waals surface area contributed by atoms with Gasteiger partial charge in [0.1, 0.15) is 5.54 Å². The molecule has 0 heterocycles. The fourth-order valence-electron chi connectivity index (χ4n) is 1.17. The van der Waals surface area contributed by atoms with E-state index in [2.05, 4.69) is 17.8 Å². The molecule has 0 fully saturated rings. The van der Waals surface area contributed by atoms with E-state index in [0.29, 0.717) is 16.0 Å². The summed E-state index contributed by atoms with van der Waals surface area (Å²) in [5, 5.41) is 3.01. The Bertz CT molecular complexity index is 416. The van der Waals surface area contributed by atoms with Crippen LogP contribution in [-0.2, 0) is 5.54 Å². The van der Waals surface area contributed by atoms with Crippen LogP contribution in [0.1, 0.15) is 29.8 Å². The van der Waals surface area contributed by atoms with Crippen molar-refractivity contribution in [2.24, 2.45) is 10.9 Å². The van der Waals surface area contributed by atoms with E-state index in [9.17, 15) is 9.70 Å². The number of rotatable bonds is 3. The van der Waals surface area contributed by atoms with Crippen LogP contribution < -0.4 is 5.73 Å². The molecule has 0 unspecified atom stereocenters. The number of hydrogen-bond acceptors (Lipinski definition) is 4. The van der Waals surface area contributed by atoms with Crippen LogP contribution in [0.4, 0.5) is 0 Å². The second-order valence-electron chi connectivity index (χ2n) is 3.75.